The molecule has 3 heterocycles. The topological polar surface area (TPSA) is 27.7 Å². The van der Waals surface area contributed by atoms with E-state index in [2.05, 4.69) is 24.3 Å². The van der Waals surface area contributed by atoms with Crippen LogP contribution in [0.5, 0.6) is 0 Å². The average Bonchev–Trinajstić information content (AvgIpc) is 3.02. The minimum atomic E-state index is -0.347. The van der Waals surface area contributed by atoms with Crippen LogP contribution in [-0.4, -0.2) is 31.5 Å². The molecule has 3 heteroatoms. The van der Waals surface area contributed by atoms with E-state index in [4.69, 9.17) is 14.2 Å². The molecule has 0 aliphatic carbocycles. The van der Waals surface area contributed by atoms with Crippen molar-refractivity contribution in [2.75, 3.05) is 19.8 Å². The van der Waals surface area contributed by atoms with Crippen LogP contribution in [0, 0.1) is 5.92 Å². The molecule has 0 spiro atoms. The fourth-order valence-electron chi connectivity index (χ4n) is 2.41. The van der Waals surface area contributed by atoms with Crippen LogP contribution in [0.3, 0.4) is 0 Å². The van der Waals surface area contributed by atoms with Crippen LogP contribution in [-0.2, 0) is 14.2 Å². The van der Waals surface area contributed by atoms with Crippen molar-refractivity contribution in [3.63, 3.8) is 0 Å². The molecular weight excluding hydrogens is 192 g/mol. The Bertz CT molecular complexity index is 308. The standard InChI is InChI=1S/C12H14O3/c1-3-11(14-6-1)12(5-2-7-15-12)10-4-8-13-9-10/h1-5,8,10-11H,6-7,9H2. The summed E-state index contributed by atoms with van der Waals surface area (Å²) in [5, 5.41) is 0. The predicted molar refractivity (Wildman–Crippen MR) is 55.3 cm³/mol. The smallest absolute Gasteiger partial charge is 0.126 e. The molecule has 0 amide bonds. The van der Waals surface area contributed by atoms with Gasteiger partial charge in [-0.15, -0.1) is 0 Å². The fraction of sp³-hybridized carbons (Fsp3) is 0.500. The van der Waals surface area contributed by atoms with Gasteiger partial charge in [-0.3, -0.25) is 0 Å². The lowest BCUT2D eigenvalue weighted by molar-refractivity contribution is -0.0957. The number of hydrogen-bond acceptors (Lipinski definition) is 3. The Balaban J connectivity index is 1.90. The van der Waals surface area contributed by atoms with Crippen molar-refractivity contribution < 1.29 is 14.2 Å². The summed E-state index contributed by atoms with van der Waals surface area (Å²) in [4.78, 5) is 0. The maximum Gasteiger partial charge on any atom is 0.126 e. The summed E-state index contributed by atoms with van der Waals surface area (Å²) in [6, 6.07) is 0. The first-order valence-electron chi connectivity index (χ1n) is 5.30. The SMILES string of the molecule is C1=CC(C2(C3C=COC3)C=CCO2)OC1. The molecule has 3 aliphatic heterocycles. The van der Waals surface area contributed by atoms with E-state index in [9.17, 15) is 0 Å². The largest absolute Gasteiger partial charge is 0.501 e. The maximum absolute atomic E-state index is 5.89. The fourth-order valence-corrected chi connectivity index (χ4v) is 2.41. The molecule has 0 aromatic carbocycles. The zero-order valence-corrected chi connectivity index (χ0v) is 8.46. The van der Waals surface area contributed by atoms with E-state index in [1.807, 2.05) is 6.08 Å². The van der Waals surface area contributed by atoms with Crippen LogP contribution in [0.2, 0.25) is 0 Å². The molecule has 3 aliphatic rings. The molecule has 0 radical (unpaired) electrons. The average molecular weight is 206 g/mol. The van der Waals surface area contributed by atoms with Crippen molar-refractivity contribution in [1.82, 2.24) is 0 Å². The third-order valence-electron chi connectivity index (χ3n) is 3.20. The Morgan fingerprint density at radius 1 is 1.13 bits per heavy atom. The summed E-state index contributed by atoms with van der Waals surface area (Å²) in [7, 11) is 0. The minimum Gasteiger partial charge on any atom is -0.501 e. The van der Waals surface area contributed by atoms with Crippen LogP contribution in [0.4, 0.5) is 0 Å². The zero-order chi connectivity index (χ0) is 10.1. The highest BCUT2D eigenvalue weighted by Crippen LogP contribution is 2.38. The van der Waals surface area contributed by atoms with Gasteiger partial charge in [-0.2, -0.15) is 0 Å². The second-order valence-corrected chi connectivity index (χ2v) is 4.02. The van der Waals surface area contributed by atoms with Gasteiger partial charge in [-0.05, 0) is 6.08 Å². The molecule has 0 bridgehead atoms. The molecule has 0 N–H and O–H groups in total. The van der Waals surface area contributed by atoms with Crippen LogP contribution in [0.25, 0.3) is 0 Å². The van der Waals surface area contributed by atoms with Crippen molar-refractivity contribution in [3.8, 4) is 0 Å². The maximum atomic E-state index is 5.89. The number of hydrogen-bond donors (Lipinski definition) is 0. The Labute approximate surface area is 89.0 Å². The first-order chi connectivity index (χ1) is 7.42. The lowest BCUT2D eigenvalue weighted by Gasteiger charge is -2.35. The highest BCUT2D eigenvalue weighted by molar-refractivity contribution is 5.24. The first kappa shape index (κ1) is 9.19. The normalized spacial score (nSPS) is 42.7. The van der Waals surface area contributed by atoms with Gasteiger partial charge in [0.05, 0.1) is 26.1 Å². The van der Waals surface area contributed by atoms with Gasteiger partial charge in [0.2, 0.25) is 0 Å². The molecule has 0 aromatic rings. The van der Waals surface area contributed by atoms with Gasteiger partial charge in [0, 0.05) is 5.92 Å². The highest BCUT2D eigenvalue weighted by atomic mass is 16.6. The van der Waals surface area contributed by atoms with Crippen LogP contribution in [0.1, 0.15) is 0 Å². The first-order valence-corrected chi connectivity index (χ1v) is 5.30. The molecular formula is C12H14O3. The zero-order valence-electron chi connectivity index (χ0n) is 8.46. The Morgan fingerprint density at radius 2 is 2.13 bits per heavy atom. The van der Waals surface area contributed by atoms with Gasteiger partial charge in [0.1, 0.15) is 11.7 Å². The summed E-state index contributed by atoms with van der Waals surface area (Å²) in [6.45, 7) is 2.02. The summed E-state index contributed by atoms with van der Waals surface area (Å²) in [5.41, 5.74) is -0.347. The lowest BCUT2D eigenvalue weighted by Crippen LogP contribution is -2.47. The Kier molecular flexibility index (Phi) is 2.15. The molecule has 0 aromatic heterocycles. The Hall–Kier alpha value is -1.06. The Morgan fingerprint density at radius 3 is 2.73 bits per heavy atom. The third-order valence-corrected chi connectivity index (χ3v) is 3.20. The molecule has 0 saturated carbocycles. The summed E-state index contributed by atoms with van der Waals surface area (Å²) in [5.74, 6) is 0.254. The van der Waals surface area contributed by atoms with E-state index in [1.165, 1.54) is 0 Å². The van der Waals surface area contributed by atoms with E-state index in [0.29, 0.717) is 19.8 Å². The van der Waals surface area contributed by atoms with E-state index in [1.54, 1.807) is 6.26 Å². The van der Waals surface area contributed by atoms with E-state index >= 15 is 0 Å². The molecule has 3 atom stereocenters. The van der Waals surface area contributed by atoms with Gasteiger partial charge in [-0.25, -0.2) is 0 Å². The summed E-state index contributed by atoms with van der Waals surface area (Å²) < 4.78 is 16.8. The third kappa shape index (κ3) is 1.34. The second-order valence-electron chi connectivity index (χ2n) is 4.02. The number of ether oxygens (including phenoxy) is 3. The van der Waals surface area contributed by atoms with Crippen LogP contribution in [0.15, 0.2) is 36.6 Å². The van der Waals surface area contributed by atoms with Crippen LogP contribution >= 0.6 is 0 Å². The minimum absolute atomic E-state index is 0.0209. The van der Waals surface area contributed by atoms with Crippen molar-refractivity contribution in [1.29, 1.82) is 0 Å². The predicted octanol–water partition coefficient (Wildman–Crippen LogP) is 1.43. The van der Waals surface area contributed by atoms with E-state index < -0.39 is 0 Å². The monoisotopic (exact) mass is 206 g/mol. The van der Waals surface area contributed by atoms with Gasteiger partial charge in [0.15, 0.2) is 0 Å². The van der Waals surface area contributed by atoms with Gasteiger partial charge < -0.3 is 14.2 Å². The van der Waals surface area contributed by atoms with Crippen molar-refractivity contribution in [3.05, 3.63) is 36.6 Å². The second kappa shape index (κ2) is 3.51. The lowest BCUT2D eigenvalue weighted by atomic mass is 9.83. The highest BCUT2D eigenvalue weighted by Gasteiger charge is 2.47. The van der Waals surface area contributed by atoms with E-state index in [0.717, 1.165) is 0 Å². The van der Waals surface area contributed by atoms with Crippen LogP contribution < -0.4 is 0 Å². The quantitative estimate of drug-likeness (QED) is 0.640. The molecule has 3 nitrogen and oxygen atoms in total. The molecule has 3 unspecified atom stereocenters. The molecule has 0 fully saturated rings. The summed E-state index contributed by atoms with van der Waals surface area (Å²) >= 11 is 0. The van der Waals surface area contributed by atoms with Gasteiger partial charge >= 0.3 is 0 Å². The van der Waals surface area contributed by atoms with Gasteiger partial charge in [-0.1, -0.05) is 24.3 Å². The van der Waals surface area contributed by atoms with Crippen molar-refractivity contribution in [2.24, 2.45) is 5.92 Å². The number of rotatable bonds is 2. The molecule has 80 valence electrons. The van der Waals surface area contributed by atoms with Gasteiger partial charge in [0.25, 0.3) is 0 Å². The molecule has 3 rings (SSSR count). The molecule has 15 heavy (non-hydrogen) atoms. The van der Waals surface area contributed by atoms with E-state index in [-0.39, 0.29) is 17.6 Å². The van der Waals surface area contributed by atoms with Crippen molar-refractivity contribution in [2.45, 2.75) is 11.7 Å². The summed E-state index contributed by atoms with van der Waals surface area (Å²) in [6.07, 6.45) is 12.1. The molecule has 0 saturated heterocycles. The van der Waals surface area contributed by atoms with Crippen molar-refractivity contribution >= 4 is 0 Å².